The van der Waals surface area contributed by atoms with Crippen LogP contribution in [0, 0.1) is 0 Å². The lowest BCUT2D eigenvalue weighted by molar-refractivity contribution is 0.0598. The zero-order valence-corrected chi connectivity index (χ0v) is 13.4. The van der Waals surface area contributed by atoms with Gasteiger partial charge in [0.25, 0.3) is 0 Å². The van der Waals surface area contributed by atoms with Crippen molar-refractivity contribution >= 4 is 16.9 Å². The minimum absolute atomic E-state index is 0.0492. The summed E-state index contributed by atoms with van der Waals surface area (Å²) in [6.45, 7) is 0. The summed E-state index contributed by atoms with van der Waals surface area (Å²) in [5, 5.41) is 20.7. The van der Waals surface area contributed by atoms with Gasteiger partial charge in [-0.15, -0.1) is 0 Å². The monoisotopic (exact) mass is 342 g/mol. The summed E-state index contributed by atoms with van der Waals surface area (Å²) >= 11 is 0. The van der Waals surface area contributed by atoms with Gasteiger partial charge >= 0.3 is 11.6 Å². The van der Waals surface area contributed by atoms with Gasteiger partial charge in [-0.05, 0) is 5.56 Å². The van der Waals surface area contributed by atoms with Gasteiger partial charge < -0.3 is 24.1 Å². The van der Waals surface area contributed by atoms with Crippen LogP contribution in [-0.2, 0) is 4.74 Å². The van der Waals surface area contributed by atoms with Crippen LogP contribution in [0.25, 0.3) is 22.1 Å². The van der Waals surface area contributed by atoms with Gasteiger partial charge in [0.15, 0.2) is 5.58 Å². The van der Waals surface area contributed by atoms with E-state index in [0.717, 1.165) is 13.2 Å². The van der Waals surface area contributed by atoms with E-state index in [-0.39, 0.29) is 27.8 Å². The Morgan fingerprint density at radius 2 is 1.80 bits per heavy atom. The summed E-state index contributed by atoms with van der Waals surface area (Å²) in [5.41, 5.74) is -1.10. The van der Waals surface area contributed by atoms with E-state index >= 15 is 0 Å². The van der Waals surface area contributed by atoms with Gasteiger partial charge in [0, 0.05) is 6.07 Å². The fourth-order valence-electron chi connectivity index (χ4n) is 2.63. The van der Waals surface area contributed by atoms with Crippen LogP contribution in [0.5, 0.6) is 17.2 Å². The molecule has 0 fully saturated rings. The summed E-state index contributed by atoms with van der Waals surface area (Å²) in [7, 11) is 2.43. The highest BCUT2D eigenvalue weighted by Gasteiger charge is 2.27. The highest BCUT2D eigenvalue weighted by molar-refractivity contribution is 6.09. The molecule has 0 unspecified atom stereocenters. The molecule has 2 aromatic carbocycles. The van der Waals surface area contributed by atoms with E-state index in [1.54, 1.807) is 30.3 Å². The predicted molar refractivity (Wildman–Crippen MR) is 89.1 cm³/mol. The Hall–Kier alpha value is -3.48. The first-order valence-corrected chi connectivity index (χ1v) is 7.23. The van der Waals surface area contributed by atoms with Crippen molar-refractivity contribution in [3.63, 3.8) is 0 Å². The highest BCUT2D eigenvalue weighted by atomic mass is 16.5. The van der Waals surface area contributed by atoms with Gasteiger partial charge in [0.2, 0.25) is 0 Å². The van der Waals surface area contributed by atoms with Crippen LogP contribution < -0.4 is 10.4 Å². The lowest BCUT2D eigenvalue weighted by Crippen LogP contribution is -2.09. The number of rotatable bonds is 3. The molecule has 25 heavy (non-hydrogen) atoms. The quantitative estimate of drug-likeness (QED) is 0.557. The summed E-state index contributed by atoms with van der Waals surface area (Å²) in [4.78, 5) is 24.5. The molecule has 0 aliphatic rings. The largest absolute Gasteiger partial charge is 0.507 e. The number of methoxy groups -OCH3 is 2. The maximum Gasteiger partial charge on any atom is 0.348 e. The summed E-state index contributed by atoms with van der Waals surface area (Å²) in [6.07, 6.45) is 0. The maximum atomic E-state index is 12.4. The lowest BCUT2D eigenvalue weighted by Gasteiger charge is -2.13. The number of ether oxygens (including phenoxy) is 2. The van der Waals surface area contributed by atoms with E-state index in [0.29, 0.717) is 5.56 Å². The van der Waals surface area contributed by atoms with Crippen LogP contribution in [0.15, 0.2) is 45.6 Å². The predicted octanol–water partition coefficient (Wildman–Crippen LogP) is 2.67. The normalized spacial score (nSPS) is 10.6. The van der Waals surface area contributed by atoms with Crippen LogP contribution in [0.1, 0.15) is 10.4 Å². The summed E-state index contributed by atoms with van der Waals surface area (Å²) < 4.78 is 15.0. The molecule has 0 atom stereocenters. The fraction of sp³-hybridized carbons (Fsp3) is 0.111. The number of aromatic hydroxyl groups is 2. The van der Waals surface area contributed by atoms with Crippen LogP contribution in [0.4, 0.5) is 0 Å². The van der Waals surface area contributed by atoms with Crippen molar-refractivity contribution in [2.45, 2.75) is 0 Å². The van der Waals surface area contributed by atoms with Crippen LogP contribution in [0.3, 0.4) is 0 Å². The molecule has 1 heterocycles. The van der Waals surface area contributed by atoms with Crippen molar-refractivity contribution in [3.05, 3.63) is 52.4 Å². The second kappa shape index (κ2) is 6.20. The molecule has 3 aromatic rings. The smallest absolute Gasteiger partial charge is 0.348 e. The molecule has 0 aliphatic carbocycles. The Bertz CT molecular complexity index is 1020. The Morgan fingerprint density at radius 1 is 1.12 bits per heavy atom. The number of benzene rings is 2. The molecule has 0 bridgehead atoms. The molecule has 0 saturated heterocycles. The molecule has 7 nitrogen and oxygen atoms in total. The Balaban J connectivity index is 2.47. The first-order chi connectivity index (χ1) is 12.0. The molecular formula is C18H14O7. The first-order valence-electron chi connectivity index (χ1n) is 7.23. The number of esters is 1. The Kier molecular flexibility index (Phi) is 4.06. The van der Waals surface area contributed by atoms with Gasteiger partial charge in [-0.25, -0.2) is 9.59 Å². The van der Waals surface area contributed by atoms with Crippen LogP contribution >= 0.6 is 0 Å². The van der Waals surface area contributed by atoms with Crippen LogP contribution in [-0.4, -0.2) is 30.4 Å². The van der Waals surface area contributed by atoms with Crippen molar-refractivity contribution in [1.82, 2.24) is 0 Å². The second-order valence-corrected chi connectivity index (χ2v) is 5.15. The SMILES string of the molecule is COC(=O)c1c(OC)cc(O)c2c(O)c(-c3ccccc3)c(=O)oc12. The third-order valence-electron chi connectivity index (χ3n) is 3.77. The minimum atomic E-state index is -0.867. The number of phenolic OH excluding ortho intramolecular Hbond substituents is 1. The number of phenols is 1. The lowest BCUT2D eigenvalue weighted by atomic mass is 10.0. The molecule has 0 aliphatic heterocycles. The van der Waals surface area contributed by atoms with Gasteiger partial charge in [-0.2, -0.15) is 0 Å². The van der Waals surface area contributed by atoms with Crippen molar-refractivity contribution < 1.29 is 28.9 Å². The number of hydrogen-bond acceptors (Lipinski definition) is 7. The van der Waals surface area contributed by atoms with E-state index in [4.69, 9.17) is 9.15 Å². The van der Waals surface area contributed by atoms with E-state index in [1.165, 1.54) is 7.11 Å². The van der Waals surface area contributed by atoms with E-state index < -0.39 is 23.1 Å². The van der Waals surface area contributed by atoms with E-state index in [2.05, 4.69) is 4.74 Å². The van der Waals surface area contributed by atoms with Gasteiger partial charge in [-0.1, -0.05) is 30.3 Å². The highest BCUT2D eigenvalue weighted by Crippen LogP contribution is 2.42. The molecule has 0 radical (unpaired) electrons. The topological polar surface area (TPSA) is 106 Å². The van der Waals surface area contributed by atoms with Gasteiger partial charge in [0.05, 0.1) is 14.2 Å². The average Bonchev–Trinajstić information content (AvgIpc) is 2.61. The Morgan fingerprint density at radius 3 is 2.40 bits per heavy atom. The zero-order chi connectivity index (χ0) is 18.1. The molecule has 0 amide bonds. The fourth-order valence-corrected chi connectivity index (χ4v) is 2.63. The van der Waals surface area contributed by atoms with E-state index in [9.17, 15) is 19.8 Å². The summed E-state index contributed by atoms with van der Waals surface area (Å²) in [5.74, 6) is -1.79. The number of carbonyl (C=O) groups is 1. The first kappa shape index (κ1) is 16.4. The third kappa shape index (κ3) is 2.55. The molecule has 2 N–H and O–H groups in total. The maximum absolute atomic E-state index is 12.4. The molecule has 0 spiro atoms. The minimum Gasteiger partial charge on any atom is -0.507 e. The number of carbonyl (C=O) groups excluding carboxylic acids is 1. The summed E-state index contributed by atoms with van der Waals surface area (Å²) in [6, 6.07) is 9.49. The Labute approximate surface area is 141 Å². The van der Waals surface area contributed by atoms with Crippen molar-refractivity contribution in [1.29, 1.82) is 0 Å². The molecule has 0 saturated carbocycles. The molecular weight excluding hydrogens is 328 g/mol. The standard InChI is InChI=1S/C18H14O7/c1-23-11-8-10(19)13-15(20)12(9-6-4-3-5-7-9)18(22)25-16(13)14(11)17(21)24-2/h3-8,19-20H,1-2H3. The van der Waals surface area contributed by atoms with Crippen LogP contribution in [0.2, 0.25) is 0 Å². The third-order valence-corrected chi connectivity index (χ3v) is 3.77. The average molecular weight is 342 g/mol. The molecule has 7 heteroatoms. The van der Waals surface area contributed by atoms with Crippen molar-refractivity contribution in [3.8, 4) is 28.4 Å². The number of hydrogen-bond donors (Lipinski definition) is 2. The second-order valence-electron chi connectivity index (χ2n) is 5.15. The van der Waals surface area contributed by atoms with Crippen molar-refractivity contribution in [2.24, 2.45) is 0 Å². The van der Waals surface area contributed by atoms with Gasteiger partial charge in [0.1, 0.15) is 33.8 Å². The molecule has 1 aromatic heterocycles. The van der Waals surface area contributed by atoms with Crippen molar-refractivity contribution in [2.75, 3.05) is 14.2 Å². The van der Waals surface area contributed by atoms with E-state index in [1.807, 2.05) is 0 Å². The number of fused-ring (bicyclic) bond motifs is 1. The molecule has 128 valence electrons. The zero-order valence-electron chi connectivity index (χ0n) is 13.4. The van der Waals surface area contributed by atoms with Gasteiger partial charge in [-0.3, -0.25) is 0 Å². The molecule has 3 rings (SSSR count).